The highest BCUT2D eigenvalue weighted by molar-refractivity contribution is 6.39. The Kier molecular flexibility index (Phi) is 3.38. The number of aromatic nitrogens is 1. The number of nitrogens with one attached hydrogen (secondary N) is 1. The number of halogens is 2. The van der Waals surface area contributed by atoms with E-state index >= 15 is 0 Å². The van der Waals surface area contributed by atoms with E-state index in [4.69, 9.17) is 28.9 Å². The van der Waals surface area contributed by atoms with Gasteiger partial charge in [-0.3, -0.25) is 4.98 Å². The summed E-state index contributed by atoms with van der Waals surface area (Å²) in [4.78, 5) is 4.27. The molecule has 0 fully saturated rings. The van der Waals surface area contributed by atoms with E-state index in [9.17, 15) is 0 Å². The van der Waals surface area contributed by atoms with Crippen LogP contribution in [0.4, 0.5) is 17.1 Å². The van der Waals surface area contributed by atoms with Gasteiger partial charge in [0.25, 0.3) is 0 Å². The van der Waals surface area contributed by atoms with Crippen LogP contribution in [0.3, 0.4) is 0 Å². The fourth-order valence-electron chi connectivity index (χ4n) is 2.04. The minimum absolute atomic E-state index is 0.545. The number of rotatable bonds is 2. The van der Waals surface area contributed by atoms with Gasteiger partial charge in [0, 0.05) is 11.6 Å². The van der Waals surface area contributed by atoms with Gasteiger partial charge in [0.05, 0.1) is 32.6 Å². The molecule has 0 atom stereocenters. The highest BCUT2D eigenvalue weighted by Crippen LogP contribution is 2.36. The fourth-order valence-corrected chi connectivity index (χ4v) is 2.53. The molecule has 1 heterocycles. The van der Waals surface area contributed by atoms with E-state index in [0.717, 1.165) is 16.6 Å². The van der Waals surface area contributed by atoms with Gasteiger partial charge in [-0.25, -0.2) is 0 Å². The predicted molar refractivity (Wildman–Crippen MR) is 85.9 cm³/mol. The molecule has 0 spiro atoms. The molecule has 3 aromatic rings. The Hall–Kier alpha value is -1.97. The van der Waals surface area contributed by atoms with Crippen molar-refractivity contribution in [3.63, 3.8) is 0 Å². The van der Waals surface area contributed by atoms with Crippen molar-refractivity contribution in [3.8, 4) is 0 Å². The third kappa shape index (κ3) is 2.26. The Morgan fingerprint density at radius 2 is 1.70 bits per heavy atom. The van der Waals surface area contributed by atoms with Gasteiger partial charge in [-0.05, 0) is 36.4 Å². The zero-order valence-corrected chi connectivity index (χ0v) is 11.9. The van der Waals surface area contributed by atoms with Gasteiger partial charge < -0.3 is 11.1 Å². The van der Waals surface area contributed by atoms with Crippen LogP contribution in [0.5, 0.6) is 0 Å². The molecule has 100 valence electrons. The van der Waals surface area contributed by atoms with Crippen LogP contribution in [0.1, 0.15) is 0 Å². The third-order valence-electron chi connectivity index (χ3n) is 3.05. The second-order valence-electron chi connectivity index (χ2n) is 4.32. The van der Waals surface area contributed by atoms with E-state index in [2.05, 4.69) is 10.3 Å². The molecule has 0 aliphatic heterocycles. The van der Waals surface area contributed by atoms with Gasteiger partial charge >= 0.3 is 0 Å². The van der Waals surface area contributed by atoms with Crippen LogP contribution in [-0.4, -0.2) is 4.98 Å². The summed E-state index contributed by atoms with van der Waals surface area (Å²) in [5, 5.41) is 5.16. The molecule has 2 aromatic carbocycles. The van der Waals surface area contributed by atoms with Crippen LogP contribution in [0.15, 0.2) is 48.7 Å². The molecule has 3 nitrogen and oxygen atoms in total. The summed E-state index contributed by atoms with van der Waals surface area (Å²) < 4.78 is 0. The maximum Gasteiger partial charge on any atom is 0.0763 e. The lowest BCUT2D eigenvalue weighted by molar-refractivity contribution is 1.41. The van der Waals surface area contributed by atoms with Crippen molar-refractivity contribution in [1.82, 2.24) is 4.98 Å². The second kappa shape index (κ2) is 5.19. The SMILES string of the molecule is Nc1c(Nc2c(Cl)cccc2Cl)ccc2ncccc12. The number of anilines is 3. The zero-order chi connectivity index (χ0) is 14.1. The van der Waals surface area contributed by atoms with Crippen molar-refractivity contribution in [1.29, 1.82) is 0 Å². The first-order valence-electron chi connectivity index (χ1n) is 6.01. The van der Waals surface area contributed by atoms with Crippen LogP contribution in [-0.2, 0) is 0 Å². The minimum Gasteiger partial charge on any atom is -0.396 e. The van der Waals surface area contributed by atoms with E-state index in [0.29, 0.717) is 21.4 Å². The summed E-state index contributed by atoms with van der Waals surface area (Å²) in [7, 11) is 0. The first-order chi connectivity index (χ1) is 9.66. The van der Waals surface area contributed by atoms with Crippen molar-refractivity contribution >= 4 is 51.2 Å². The van der Waals surface area contributed by atoms with Gasteiger partial charge in [0.2, 0.25) is 0 Å². The second-order valence-corrected chi connectivity index (χ2v) is 5.13. The maximum absolute atomic E-state index is 6.18. The van der Waals surface area contributed by atoms with Gasteiger partial charge in [-0.2, -0.15) is 0 Å². The van der Waals surface area contributed by atoms with Crippen LogP contribution < -0.4 is 11.1 Å². The topological polar surface area (TPSA) is 50.9 Å². The van der Waals surface area contributed by atoms with Crippen LogP contribution in [0, 0.1) is 0 Å². The van der Waals surface area contributed by atoms with Gasteiger partial charge in [0.15, 0.2) is 0 Å². The monoisotopic (exact) mass is 303 g/mol. The quantitative estimate of drug-likeness (QED) is 0.664. The van der Waals surface area contributed by atoms with Gasteiger partial charge in [-0.15, -0.1) is 0 Å². The summed E-state index contributed by atoms with van der Waals surface area (Å²) in [5.41, 5.74) is 9.04. The van der Waals surface area contributed by atoms with E-state index < -0.39 is 0 Å². The highest BCUT2D eigenvalue weighted by Gasteiger charge is 2.09. The number of benzene rings is 2. The van der Waals surface area contributed by atoms with Crippen molar-refractivity contribution in [2.75, 3.05) is 11.1 Å². The average molecular weight is 304 g/mol. The summed E-state index contributed by atoms with van der Waals surface area (Å²) >= 11 is 12.3. The predicted octanol–water partition coefficient (Wildman–Crippen LogP) is 4.87. The molecule has 3 N–H and O–H groups in total. The molecule has 3 rings (SSSR count). The Balaban J connectivity index is 2.10. The molecule has 0 saturated carbocycles. The van der Waals surface area contributed by atoms with E-state index in [1.165, 1.54) is 0 Å². The Bertz CT molecular complexity index is 767. The minimum atomic E-state index is 0.545. The van der Waals surface area contributed by atoms with Gasteiger partial charge in [0.1, 0.15) is 0 Å². The molecule has 0 unspecified atom stereocenters. The van der Waals surface area contributed by atoms with Crippen molar-refractivity contribution in [2.24, 2.45) is 0 Å². The summed E-state index contributed by atoms with van der Waals surface area (Å²) in [6.45, 7) is 0. The smallest absolute Gasteiger partial charge is 0.0763 e. The standard InChI is InChI=1S/C15H11Cl2N3/c16-10-4-1-5-11(17)15(10)20-13-7-6-12-9(14(13)18)3-2-8-19-12/h1-8,20H,18H2. The molecular weight excluding hydrogens is 293 g/mol. The number of nitrogens with two attached hydrogens (primary N) is 1. The number of nitrogen functional groups attached to an aromatic ring is 1. The number of pyridine rings is 1. The van der Waals surface area contributed by atoms with Crippen molar-refractivity contribution < 1.29 is 0 Å². The molecule has 0 aliphatic rings. The van der Waals surface area contributed by atoms with E-state index in [1.54, 1.807) is 24.4 Å². The van der Waals surface area contributed by atoms with Crippen molar-refractivity contribution in [2.45, 2.75) is 0 Å². The Morgan fingerprint density at radius 1 is 0.950 bits per heavy atom. The van der Waals surface area contributed by atoms with Crippen LogP contribution in [0.2, 0.25) is 10.0 Å². The first kappa shape index (κ1) is 13.0. The summed E-state index contributed by atoms with van der Waals surface area (Å²) in [6.07, 6.45) is 1.74. The van der Waals surface area contributed by atoms with Crippen molar-refractivity contribution in [3.05, 3.63) is 58.7 Å². The molecule has 5 heteroatoms. The number of para-hydroxylation sites is 1. The fraction of sp³-hybridized carbons (Fsp3) is 0. The number of nitrogens with zero attached hydrogens (tertiary/aromatic N) is 1. The van der Waals surface area contributed by atoms with E-state index in [1.807, 2.05) is 24.3 Å². The number of fused-ring (bicyclic) bond motifs is 1. The summed E-state index contributed by atoms with van der Waals surface area (Å²) in [5.74, 6) is 0. The number of hydrogen-bond donors (Lipinski definition) is 2. The molecule has 0 bridgehead atoms. The Labute approximate surface area is 126 Å². The molecular formula is C15H11Cl2N3. The first-order valence-corrected chi connectivity index (χ1v) is 6.76. The molecule has 20 heavy (non-hydrogen) atoms. The lowest BCUT2D eigenvalue weighted by Gasteiger charge is -2.13. The lowest BCUT2D eigenvalue weighted by atomic mass is 10.1. The number of hydrogen-bond acceptors (Lipinski definition) is 3. The van der Waals surface area contributed by atoms with Crippen LogP contribution in [0.25, 0.3) is 10.9 Å². The average Bonchev–Trinajstić information content (AvgIpc) is 2.45. The maximum atomic E-state index is 6.18. The molecule has 0 amide bonds. The largest absolute Gasteiger partial charge is 0.396 e. The van der Waals surface area contributed by atoms with Crippen LogP contribution >= 0.6 is 23.2 Å². The van der Waals surface area contributed by atoms with E-state index in [-0.39, 0.29) is 0 Å². The third-order valence-corrected chi connectivity index (χ3v) is 3.68. The zero-order valence-electron chi connectivity index (χ0n) is 10.4. The molecule has 0 radical (unpaired) electrons. The summed E-state index contributed by atoms with van der Waals surface area (Å²) in [6, 6.07) is 12.9. The molecule has 1 aromatic heterocycles. The normalized spacial score (nSPS) is 10.7. The molecule has 0 aliphatic carbocycles. The lowest BCUT2D eigenvalue weighted by Crippen LogP contribution is -1.98. The molecule has 0 saturated heterocycles. The van der Waals surface area contributed by atoms with Gasteiger partial charge in [-0.1, -0.05) is 29.3 Å². The highest BCUT2D eigenvalue weighted by atomic mass is 35.5. The Morgan fingerprint density at radius 3 is 2.45 bits per heavy atom.